The molecular formula is C10H12N4O3. The van der Waals surface area contributed by atoms with Gasteiger partial charge in [-0.2, -0.15) is 10.1 Å². The summed E-state index contributed by atoms with van der Waals surface area (Å²) in [5.74, 6) is 0.0788. The maximum atomic E-state index is 11.3. The molecule has 0 atom stereocenters. The van der Waals surface area contributed by atoms with E-state index in [1.165, 1.54) is 6.26 Å². The Morgan fingerprint density at radius 2 is 2.47 bits per heavy atom. The number of oxazole rings is 1. The van der Waals surface area contributed by atoms with Gasteiger partial charge in [-0.3, -0.25) is 10.00 Å². The Labute approximate surface area is 97.4 Å². The van der Waals surface area contributed by atoms with E-state index in [0.717, 1.165) is 0 Å². The van der Waals surface area contributed by atoms with Crippen molar-refractivity contribution < 1.29 is 13.9 Å². The average Bonchev–Trinajstić information content (AvgIpc) is 2.89. The van der Waals surface area contributed by atoms with Gasteiger partial charge in [-0.25, -0.2) is 4.79 Å². The van der Waals surface area contributed by atoms with E-state index in [1.807, 2.05) is 0 Å². The van der Waals surface area contributed by atoms with Crippen LogP contribution < -0.4 is 5.32 Å². The molecule has 2 rings (SSSR count). The summed E-state index contributed by atoms with van der Waals surface area (Å²) < 4.78 is 11.5. The van der Waals surface area contributed by atoms with Crippen molar-refractivity contribution in [2.45, 2.75) is 6.92 Å². The van der Waals surface area contributed by atoms with Gasteiger partial charge in [0.15, 0.2) is 11.5 Å². The second kappa shape index (κ2) is 4.69. The highest BCUT2D eigenvalue weighted by molar-refractivity contribution is 5.87. The Morgan fingerprint density at radius 1 is 1.65 bits per heavy atom. The number of carbonyl (C=O) groups excluding carboxylic acids is 1. The lowest BCUT2D eigenvalue weighted by atomic mass is 10.5. The largest absolute Gasteiger partial charge is 0.461 e. The maximum absolute atomic E-state index is 11.3. The van der Waals surface area contributed by atoms with Gasteiger partial charge in [0.1, 0.15) is 6.26 Å². The van der Waals surface area contributed by atoms with Crippen molar-refractivity contribution in [3.8, 4) is 0 Å². The standard InChI is InChI=1S/C10H12N4O3/c1-3-16-9(15)7-6-17-10(11-7)12-8-4-5-14(2)13-8/h4-6H,3H2,1-2H3,(H,11,12,13). The molecular weight excluding hydrogens is 224 g/mol. The van der Waals surface area contributed by atoms with Crippen LogP contribution in [0.1, 0.15) is 17.4 Å². The molecule has 2 aromatic heterocycles. The summed E-state index contributed by atoms with van der Waals surface area (Å²) in [6, 6.07) is 1.96. The number of aromatic nitrogens is 3. The molecule has 7 nitrogen and oxygen atoms in total. The molecule has 0 bridgehead atoms. The lowest BCUT2D eigenvalue weighted by molar-refractivity contribution is 0.0519. The van der Waals surface area contributed by atoms with Gasteiger partial charge in [-0.05, 0) is 6.92 Å². The quantitative estimate of drug-likeness (QED) is 0.806. The second-order valence-electron chi connectivity index (χ2n) is 3.26. The highest BCUT2D eigenvalue weighted by Gasteiger charge is 2.13. The summed E-state index contributed by atoms with van der Waals surface area (Å²) in [5.41, 5.74) is 0.130. The van der Waals surface area contributed by atoms with Crippen molar-refractivity contribution >= 4 is 17.8 Å². The summed E-state index contributed by atoms with van der Waals surface area (Å²) in [6.45, 7) is 2.03. The third-order valence-electron chi connectivity index (χ3n) is 1.94. The van der Waals surface area contributed by atoms with E-state index >= 15 is 0 Å². The van der Waals surface area contributed by atoms with E-state index in [-0.39, 0.29) is 11.7 Å². The minimum Gasteiger partial charge on any atom is -0.461 e. The Kier molecular flexibility index (Phi) is 3.08. The van der Waals surface area contributed by atoms with E-state index in [0.29, 0.717) is 12.4 Å². The molecule has 0 aromatic carbocycles. The van der Waals surface area contributed by atoms with Gasteiger partial charge in [-0.15, -0.1) is 0 Å². The van der Waals surface area contributed by atoms with Gasteiger partial charge in [0.25, 0.3) is 0 Å². The number of esters is 1. The number of ether oxygens (including phenoxy) is 1. The van der Waals surface area contributed by atoms with Crippen LogP contribution in [0.2, 0.25) is 0 Å². The molecule has 0 amide bonds. The second-order valence-corrected chi connectivity index (χ2v) is 3.26. The van der Waals surface area contributed by atoms with Gasteiger partial charge in [-0.1, -0.05) is 0 Å². The summed E-state index contributed by atoms with van der Waals surface area (Å²) in [7, 11) is 1.80. The molecule has 0 saturated carbocycles. The topological polar surface area (TPSA) is 82.2 Å². The van der Waals surface area contributed by atoms with Crippen molar-refractivity contribution in [1.82, 2.24) is 14.8 Å². The first kappa shape index (κ1) is 11.2. The first-order valence-electron chi connectivity index (χ1n) is 5.08. The molecule has 0 aliphatic carbocycles. The fourth-order valence-corrected chi connectivity index (χ4v) is 1.22. The molecule has 2 heterocycles. The van der Waals surface area contributed by atoms with Crippen LogP contribution in [-0.2, 0) is 11.8 Å². The molecule has 0 aliphatic heterocycles. The van der Waals surface area contributed by atoms with Gasteiger partial charge in [0, 0.05) is 19.3 Å². The number of nitrogens with one attached hydrogen (secondary N) is 1. The SMILES string of the molecule is CCOC(=O)c1coc(Nc2ccn(C)n2)n1. The number of hydrogen-bond acceptors (Lipinski definition) is 6. The lowest BCUT2D eigenvalue weighted by Gasteiger charge is -1.96. The normalized spacial score (nSPS) is 10.2. The van der Waals surface area contributed by atoms with Crippen LogP contribution in [0.3, 0.4) is 0 Å². The molecule has 90 valence electrons. The number of hydrogen-bond donors (Lipinski definition) is 1. The van der Waals surface area contributed by atoms with Crippen molar-refractivity contribution in [2.24, 2.45) is 7.05 Å². The van der Waals surface area contributed by atoms with E-state index in [4.69, 9.17) is 9.15 Å². The number of rotatable bonds is 4. The van der Waals surface area contributed by atoms with Crippen LogP contribution in [0.15, 0.2) is 22.9 Å². The highest BCUT2D eigenvalue weighted by atomic mass is 16.5. The first-order chi connectivity index (χ1) is 8.19. The zero-order valence-corrected chi connectivity index (χ0v) is 9.51. The van der Waals surface area contributed by atoms with E-state index in [1.54, 1.807) is 30.9 Å². The summed E-state index contributed by atoms with van der Waals surface area (Å²) in [4.78, 5) is 15.3. The summed E-state index contributed by atoms with van der Waals surface area (Å²) in [5, 5.41) is 6.91. The van der Waals surface area contributed by atoms with Crippen LogP contribution in [0.4, 0.5) is 11.8 Å². The summed E-state index contributed by atoms with van der Waals surface area (Å²) >= 11 is 0. The smallest absolute Gasteiger partial charge is 0.360 e. The summed E-state index contributed by atoms with van der Waals surface area (Å²) in [6.07, 6.45) is 3.01. The predicted molar refractivity (Wildman–Crippen MR) is 59.0 cm³/mol. The van der Waals surface area contributed by atoms with Crippen molar-refractivity contribution in [2.75, 3.05) is 11.9 Å². The van der Waals surface area contributed by atoms with Gasteiger partial charge < -0.3 is 9.15 Å². The third-order valence-corrected chi connectivity index (χ3v) is 1.94. The Bertz CT molecular complexity index is 517. The van der Waals surface area contributed by atoms with E-state index in [9.17, 15) is 4.79 Å². The molecule has 0 unspecified atom stereocenters. The molecule has 1 N–H and O–H groups in total. The van der Waals surface area contributed by atoms with Gasteiger partial charge in [0.05, 0.1) is 6.61 Å². The number of anilines is 2. The molecule has 0 aliphatic rings. The molecule has 0 saturated heterocycles. The zero-order chi connectivity index (χ0) is 12.3. The monoisotopic (exact) mass is 236 g/mol. The fourth-order valence-electron chi connectivity index (χ4n) is 1.22. The molecule has 0 fully saturated rings. The van der Waals surface area contributed by atoms with Crippen molar-refractivity contribution in [1.29, 1.82) is 0 Å². The molecule has 0 radical (unpaired) electrons. The van der Waals surface area contributed by atoms with E-state index < -0.39 is 5.97 Å². The van der Waals surface area contributed by atoms with Crippen molar-refractivity contribution in [3.63, 3.8) is 0 Å². The molecule has 7 heteroatoms. The fraction of sp³-hybridized carbons (Fsp3) is 0.300. The van der Waals surface area contributed by atoms with Gasteiger partial charge >= 0.3 is 12.0 Å². The van der Waals surface area contributed by atoms with Crippen LogP contribution in [0, 0.1) is 0 Å². The third kappa shape index (κ3) is 2.63. The minimum atomic E-state index is -0.509. The number of nitrogens with zero attached hydrogens (tertiary/aromatic N) is 3. The molecule has 17 heavy (non-hydrogen) atoms. The van der Waals surface area contributed by atoms with Crippen LogP contribution in [0.25, 0.3) is 0 Å². The van der Waals surface area contributed by atoms with E-state index in [2.05, 4.69) is 15.4 Å². The Hall–Kier alpha value is -2.31. The predicted octanol–water partition coefficient (Wildman–Crippen LogP) is 1.33. The minimum absolute atomic E-state index is 0.130. The van der Waals surface area contributed by atoms with Crippen LogP contribution in [0.5, 0.6) is 0 Å². The Morgan fingerprint density at radius 3 is 3.12 bits per heavy atom. The van der Waals surface area contributed by atoms with Crippen molar-refractivity contribution in [3.05, 3.63) is 24.2 Å². The lowest BCUT2D eigenvalue weighted by Crippen LogP contribution is -2.05. The number of carbonyl (C=O) groups is 1. The zero-order valence-electron chi connectivity index (χ0n) is 9.51. The molecule has 0 spiro atoms. The van der Waals surface area contributed by atoms with Crippen LogP contribution >= 0.6 is 0 Å². The Balaban J connectivity index is 2.06. The first-order valence-corrected chi connectivity index (χ1v) is 5.08. The maximum Gasteiger partial charge on any atom is 0.360 e. The number of aryl methyl sites for hydroxylation is 1. The average molecular weight is 236 g/mol. The van der Waals surface area contributed by atoms with Gasteiger partial charge in [0.2, 0.25) is 0 Å². The van der Waals surface area contributed by atoms with Crippen LogP contribution in [-0.4, -0.2) is 27.3 Å². The highest BCUT2D eigenvalue weighted by Crippen LogP contribution is 2.14. The molecule has 2 aromatic rings.